The molecule has 0 nitrogen and oxygen atoms in total. The summed E-state index contributed by atoms with van der Waals surface area (Å²) in [6.07, 6.45) is 2.71. The third kappa shape index (κ3) is 6.18. The van der Waals surface area contributed by atoms with Crippen LogP contribution in [-0.2, 0) is 12.8 Å². The van der Waals surface area contributed by atoms with E-state index in [1.54, 1.807) is 23.2 Å². The minimum atomic E-state index is 0.368. The molecule has 0 aliphatic rings. The van der Waals surface area contributed by atoms with Gasteiger partial charge in [-0.3, -0.25) is 0 Å². The van der Waals surface area contributed by atoms with Crippen LogP contribution in [0.1, 0.15) is 11.1 Å². The minimum absolute atomic E-state index is 0.368. The highest BCUT2D eigenvalue weighted by Gasteiger charge is 1.96. The summed E-state index contributed by atoms with van der Waals surface area (Å²) >= 11 is 0. The van der Waals surface area contributed by atoms with Gasteiger partial charge in [0.05, 0.1) is 0 Å². The van der Waals surface area contributed by atoms with Gasteiger partial charge in [0, 0.05) is 18.1 Å². The third-order valence-corrected chi connectivity index (χ3v) is 21.3. The van der Waals surface area contributed by atoms with Gasteiger partial charge >= 0.3 is 0 Å². The van der Waals surface area contributed by atoms with Gasteiger partial charge in [-0.2, -0.15) is 0 Å². The molecule has 0 aliphatic carbocycles. The van der Waals surface area contributed by atoms with Gasteiger partial charge in [-0.05, 0) is 32.5 Å². The molecule has 0 heterocycles. The minimum Gasteiger partial charge on any atom is -0.0622 e. The zero-order chi connectivity index (χ0) is 13.2. The van der Waals surface area contributed by atoms with Crippen LogP contribution in [0, 0.1) is 0 Å². The van der Waals surface area contributed by atoms with Crippen LogP contribution in [0.2, 0.25) is 12.1 Å². The molecule has 0 aromatic heterocycles. The molecule has 0 fully saturated rings. The Balaban J connectivity index is 1.49. The highest BCUT2D eigenvalue weighted by molar-refractivity contribution is 7.29. The molecule has 0 aliphatic heterocycles. The molecule has 3 heteroatoms. The van der Waals surface area contributed by atoms with Gasteiger partial charge in [0.25, 0.3) is 0 Å². The molecular weight excluding hydrogens is 276 g/mol. The van der Waals surface area contributed by atoms with Crippen LogP contribution in [-0.4, -0.2) is 26.6 Å². The van der Waals surface area contributed by atoms with Gasteiger partial charge in [-0.1, -0.05) is 72.8 Å². The normalized spacial score (nSPS) is 12.4. The quantitative estimate of drug-likeness (QED) is 0.514. The van der Waals surface area contributed by atoms with Crippen molar-refractivity contribution in [3.8, 4) is 0 Å². The van der Waals surface area contributed by atoms with Crippen molar-refractivity contribution < 1.29 is 0 Å². The van der Waals surface area contributed by atoms with Crippen molar-refractivity contribution in [2.75, 3.05) is 0 Å². The van der Waals surface area contributed by atoms with E-state index in [1.165, 1.54) is 12.8 Å². The highest BCUT2D eigenvalue weighted by atomic mass is 29.5. The molecule has 19 heavy (non-hydrogen) atoms. The second-order valence-electron chi connectivity index (χ2n) is 5.24. The van der Waals surface area contributed by atoms with E-state index in [9.17, 15) is 0 Å². The van der Waals surface area contributed by atoms with Crippen molar-refractivity contribution in [2.24, 2.45) is 0 Å². The maximum absolute atomic E-state index is 2.28. The first-order chi connectivity index (χ1) is 9.45. The van der Waals surface area contributed by atoms with Crippen molar-refractivity contribution in [1.29, 1.82) is 0 Å². The van der Waals surface area contributed by atoms with E-state index in [1.807, 2.05) is 0 Å². The molecule has 0 bridgehead atoms. The Morgan fingerprint density at radius 3 is 1.42 bits per heavy atom. The summed E-state index contributed by atoms with van der Waals surface area (Å²) in [6.45, 7) is 0. The zero-order valence-corrected chi connectivity index (χ0v) is 16.0. The molecule has 0 saturated carbocycles. The van der Waals surface area contributed by atoms with Crippen LogP contribution >= 0.6 is 0 Å². The summed E-state index contributed by atoms with van der Waals surface area (Å²) in [6, 6.07) is 25.2. The largest absolute Gasteiger partial charge is 0.0622 e. The van der Waals surface area contributed by atoms with Gasteiger partial charge in [-0.25, -0.2) is 0 Å². The smallest absolute Gasteiger partial charge is 0.00535 e. The summed E-state index contributed by atoms with van der Waals surface area (Å²) in [5.74, 6) is 0. The maximum Gasteiger partial charge on any atom is 0.00535 e. The summed E-state index contributed by atoms with van der Waals surface area (Å²) < 4.78 is 0. The van der Waals surface area contributed by atoms with E-state index in [-0.39, 0.29) is 0 Å². The Morgan fingerprint density at radius 2 is 1.00 bits per heavy atom. The second kappa shape index (κ2) is 9.07. The molecule has 0 radical (unpaired) electrons. The van der Waals surface area contributed by atoms with Gasteiger partial charge in [0.15, 0.2) is 0 Å². The number of hydrogen-bond donors (Lipinski definition) is 0. The molecule has 0 spiro atoms. The molecule has 100 valence electrons. The number of rotatable bonds is 8. The van der Waals surface area contributed by atoms with Gasteiger partial charge < -0.3 is 0 Å². The predicted molar refractivity (Wildman–Crippen MR) is 95.5 cm³/mol. The van der Waals surface area contributed by atoms with Crippen LogP contribution in [0.4, 0.5) is 0 Å². The fraction of sp³-hybridized carbons (Fsp3) is 0.250. The Hall–Kier alpha value is -0.909. The van der Waals surface area contributed by atoms with E-state index in [2.05, 4.69) is 60.7 Å². The fourth-order valence-electron chi connectivity index (χ4n) is 2.48. The lowest BCUT2D eigenvalue weighted by atomic mass is 10.2. The SMILES string of the molecule is c1ccc(CC[SiH2][SiH2][SiH2]CCc2ccccc2)cc1. The molecule has 0 N–H and O–H groups in total. The zero-order valence-electron chi connectivity index (χ0n) is 11.7. The van der Waals surface area contributed by atoms with Crippen LogP contribution < -0.4 is 0 Å². The summed E-state index contributed by atoms with van der Waals surface area (Å²) in [7, 11) is 1.19. The molecule has 2 aromatic rings. The fourth-order valence-corrected chi connectivity index (χ4v) is 19.1. The van der Waals surface area contributed by atoms with Crippen LogP contribution in [0.25, 0.3) is 0 Å². The van der Waals surface area contributed by atoms with Crippen molar-refractivity contribution in [1.82, 2.24) is 0 Å². The topological polar surface area (TPSA) is 0 Å². The van der Waals surface area contributed by atoms with Crippen molar-refractivity contribution in [3.05, 3.63) is 71.8 Å². The predicted octanol–water partition coefficient (Wildman–Crippen LogP) is 1.64. The van der Waals surface area contributed by atoms with Gasteiger partial charge in [0.2, 0.25) is 0 Å². The van der Waals surface area contributed by atoms with Crippen molar-refractivity contribution in [3.63, 3.8) is 0 Å². The van der Waals surface area contributed by atoms with Crippen LogP contribution in [0.3, 0.4) is 0 Å². The van der Waals surface area contributed by atoms with E-state index in [4.69, 9.17) is 0 Å². The molecule has 0 saturated heterocycles. The average molecular weight is 301 g/mol. The summed E-state index contributed by atoms with van der Waals surface area (Å²) in [4.78, 5) is 0. The summed E-state index contributed by atoms with van der Waals surface area (Å²) in [5, 5.41) is 0. The van der Waals surface area contributed by atoms with Gasteiger partial charge in [-0.15, -0.1) is 0 Å². The number of benzene rings is 2. The van der Waals surface area contributed by atoms with E-state index < -0.39 is 0 Å². The molecule has 0 unspecified atom stereocenters. The Morgan fingerprint density at radius 1 is 0.579 bits per heavy atom. The lowest BCUT2D eigenvalue weighted by molar-refractivity contribution is 1.13. The molecule has 0 amide bonds. The highest BCUT2D eigenvalue weighted by Crippen LogP contribution is 2.03. The first-order valence-electron chi connectivity index (χ1n) is 7.53. The molecule has 2 aromatic carbocycles. The Kier molecular flexibility index (Phi) is 6.92. The second-order valence-corrected chi connectivity index (χ2v) is 21.5. The Labute approximate surface area is 123 Å². The van der Waals surface area contributed by atoms with Crippen molar-refractivity contribution >= 4 is 26.6 Å². The first-order valence-corrected chi connectivity index (χ1v) is 17.5. The Bertz CT molecular complexity index is 399. The van der Waals surface area contributed by atoms with Crippen molar-refractivity contribution in [2.45, 2.75) is 24.9 Å². The van der Waals surface area contributed by atoms with Gasteiger partial charge in [0.1, 0.15) is 0 Å². The third-order valence-electron chi connectivity index (χ3n) is 3.62. The number of hydrogen-bond acceptors (Lipinski definition) is 0. The average Bonchev–Trinajstić information content (AvgIpc) is 2.48. The standard InChI is InChI=1S/C16H24Si3/c1-3-7-15(8-4-1)11-13-17-19-18-14-12-16-9-5-2-6-10-16/h1-10H,11-14,17-19H2. The monoisotopic (exact) mass is 300 g/mol. The van der Waals surface area contributed by atoms with Crippen LogP contribution in [0.5, 0.6) is 0 Å². The molecular formula is C16H24Si3. The molecule has 2 rings (SSSR count). The van der Waals surface area contributed by atoms with E-state index in [0.717, 1.165) is 0 Å². The van der Waals surface area contributed by atoms with E-state index in [0.29, 0.717) is 26.6 Å². The lowest BCUT2D eigenvalue weighted by Crippen LogP contribution is -2.13. The molecule has 0 atom stereocenters. The van der Waals surface area contributed by atoms with E-state index >= 15 is 0 Å². The maximum atomic E-state index is 2.28. The first kappa shape index (κ1) is 14.5. The number of aryl methyl sites for hydroxylation is 2. The lowest BCUT2D eigenvalue weighted by Gasteiger charge is -2.01. The van der Waals surface area contributed by atoms with Crippen LogP contribution in [0.15, 0.2) is 60.7 Å². The summed E-state index contributed by atoms with van der Waals surface area (Å²) in [5.41, 5.74) is 3.10.